The number of hydrogen-bond acceptors (Lipinski definition) is 4. The molecule has 0 aromatic heterocycles. The minimum Gasteiger partial charge on any atom is -0.321 e. The topological polar surface area (TPSA) is 97.5 Å². The highest BCUT2D eigenvalue weighted by atomic mass is 32.2. The van der Waals surface area contributed by atoms with Gasteiger partial charge in [0.05, 0.1) is 11.8 Å². The molecule has 3 N–H and O–H groups in total. The van der Waals surface area contributed by atoms with Gasteiger partial charge in [0.1, 0.15) is 5.78 Å². The van der Waals surface area contributed by atoms with Crippen LogP contribution in [0.15, 0.2) is 30.3 Å². The number of Topliss-reactive ketones (excluding diaryl/α,β-unsaturated/α-hetero) is 1. The average molecular weight is 285 g/mol. The molecule has 0 spiro atoms. The van der Waals surface area contributed by atoms with Crippen molar-refractivity contribution in [2.24, 2.45) is 5.73 Å². The Morgan fingerprint density at radius 2 is 1.84 bits per heavy atom. The summed E-state index contributed by atoms with van der Waals surface area (Å²) < 4.78 is 29.5. The summed E-state index contributed by atoms with van der Waals surface area (Å²) in [5.74, 6) is -0.395. The van der Waals surface area contributed by atoms with Crippen molar-refractivity contribution in [1.82, 2.24) is 0 Å². The fourth-order valence-corrected chi connectivity index (χ4v) is 2.32. The predicted octanol–water partition coefficient (Wildman–Crippen LogP) is 1.18. The summed E-state index contributed by atoms with van der Waals surface area (Å²) in [6.45, 7) is 0. The first-order valence-corrected chi connectivity index (χ1v) is 7.77. The van der Waals surface area contributed by atoms with Gasteiger partial charge in [-0.25, -0.2) is 0 Å². The Kier molecular flexibility index (Phi) is 6.14. The first kappa shape index (κ1) is 15.8. The summed E-state index contributed by atoms with van der Waals surface area (Å²) in [7, 11) is -3.93. The fourth-order valence-electron chi connectivity index (χ4n) is 1.75. The molecule has 106 valence electrons. The van der Waals surface area contributed by atoms with E-state index in [4.69, 9.17) is 10.3 Å². The van der Waals surface area contributed by atoms with Crippen LogP contribution in [0.2, 0.25) is 0 Å². The third-order valence-electron chi connectivity index (χ3n) is 2.79. The third kappa shape index (κ3) is 7.05. The van der Waals surface area contributed by atoms with Crippen molar-refractivity contribution in [3.63, 3.8) is 0 Å². The highest BCUT2D eigenvalue weighted by molar-refractivity contribution is 7.85. The molecule has 1 atom stereocenters. The molecule has 1 rings (SSSR count). The molecule has 0 saturated heterocycles. The molecule has 0 fully saturated rings. The SMILES string of the molecule is N[C@@H](Cc1ccccc1)C(=O)CCCCS(=O)(=O)O. The molecule has 5 nitrogen and oxygen atoms in total. The Labute approximate surface area is 113 Å². The fraction of sp³-hybridized carbons (Fsp3) is 0.462. The molecule has 0 aliphatic carbocycles. The predicted molar refractivity (Wildman–Crippen MR) is 73.4 cm³/mol. The smallest absolute Gasteiger partial charge is 0.264 e. The number of nitrogens with two attached hydrogens (primary N) is 1. The first-order chi connectivity index (χ1) is 8.88. The number of hydrogen-bond donors (Lipinski definition) is 2. The van der Waals surface area contributed by atoms with Crippen molar-refractivity contribution < 1.29 is 17.8 Å². The van der Waals surface area contributed by atoms with Gasteiger partial charge >= 0.3 is 0 Å². The van der Waals surface area contributed by atoms with Gasteiger partial charge in [-0.1, -0.05) is 30.3 Å². The molecule has 19 heavy (non-hydrogen) atoms. The van der Waals surface area contributed by atoms with Gasteiger partial charge in [0.25, 0.3) is 10.1 Å². The molecule has 1 aromatic rings. The van der Waals surface area contributed by atoms with Crippen molar-refractivity contribution in [3.05, 3.63) is 35.9 Å². The summed E-state index contributed by atoms with van der Waals surface area (Å²) in [4.78, 5) is 11.7. The van der Waals surface area contributed by atoms with Crippen LogP contribution in [-0.2, 0) is 21.3 Å². The zero-order valence-electron chi connectivity index (χ0n) is 10.7. The van der Waals surface area contributed by atoms with Gasteiger partial charge in [-0.2, -0.15) is 8.42 Å². The van der Waals surface area contributed by atoms with E-state index in [0.29, 0.717) is 12.8 Å². The van der Waals surface area contributed by atoms with Crippen molar-refractivity contribution in [3.8, 4) is 0 Å². The lowest BCUT2D eigenvalue weighted by molar-refractivity contribution is -0.120. The average Bonchev–Trinajstić information content (AvgIpc) is 2.34. The van der Waals surface area contributed by atoms with E-state index >= 15 is 0 Å². The first-order valence-electron chi connectivity index (χ1n) is 6.16. The van der Waals surface area contributed by atoms with E-state index in [0.717, 1.165) is 5.56 Å². The molecule has 0 unspecified atom stereocenters. The van der Waals surface area contributed by atoms with Crippen molar-refractivity contribution >= 4 is 15.9 Å². The van der Waals surface area contributed by atoms with E-state index in [9.17, 15) is 13.2 Å². The maximum atomic E-state index is 11.7. The van der Waals surface area contributed by atoms with Crippen LogP contribution in [-0.4, -0.2) is 30.5 Å². The highest BCUT2D eigenvalue weighted by Crippen LogP contribution is 2.06. The highest BCUT2D eigenvalue weighted by Gasteiger charge is 2.14. The second kappa shape index (κ2) is 7.37. The van der Waals surface area contributed by atoms with Crippen LogP contribution in [0.3, 0.4) is 0 Å². The minimum atomic E-state index is -3.93. The molecule has 0 bridgehead atoms. The maximum Gasteiger partial charge on any atom is 0.264 e. The Balaban J connectivity index is 2.29. The summed E-state index contributed by atoms with van der Waals surface area (Å²) in [6, 6.07) is 8.92. The van der Waals surface area contributed by atoms with Gasteiger partial charge in [-0.05, 0) is 24.8 Å². The molecule has 0 amide bonds. The molecule has 0 aliphatic heterocycles. The lowest BCUT2D eigenvalue weighted by Crippen LogP contribution is -2.32. The quantitative estimate of drug-likeness (QED) is 0.552. The van der Waals surface area contributed by atoms with E-state index in [1.165, 1.54) is 0 Å². The van der Waals surface area contributed by atoms with Crippen LogP contribution in [0.5, 0.6) is 0 Å². The van der Waals surface area contributed by atoms with Gasteiger partial charge in [-0.3, -0.25) is 9.35 Å². The number of benzene rings is 1. The maximum absolute atomic E-state index is 11.7. The molecular weight excluding hydrogens is 266 g/mol. The largest absolute Gasteiger partial charge is 0.321 e. The summed E-state index contributed by atoms with van der Waals surface area (Å²) in [6.07, 6.45) is 1.41. The lowest BCUT2D eigenvalue weighted by atomic mass is 10.0. The van der Waals surface area contributed by atoms with Gasteiger partial charge < -0.3 is 5.73 Å². The number of carbonyl (C=O) groups is 1. The molecule has 6 heteroatoms. The lowest BCUT2D eigenvalue weighted by Gasteiger charge is -2.10. The van der Waals surface area contributed by atoms with Crippen LogP contribution in [0.4, 0.5) is 0 Å². The Hall–Kier alpha value is -1.24. The van der Waals surface area contributed by atoms with Gasteiger partial charge in [-0.15, -0.1) is 0 Å². The molecule has 0 aliphatic rings. The van der Waals surface area contributed by atoms with Crippen molar-refractivity contribution in [1.29, 1.82) is 0 Å². The molecule has 0 heterocycles. The number of rotatable bonds is 8. The van der Waals surface area contributed by atoms with Gasteiger partial charge in [0.2, 0.25) is 0 Å². The van der Waals surface area contributed by atoms with E-state index in [-0.39, 0.29) is 24.4 Å². The van der Waals surface area contributed by atoms with Crippen molar-refractivity contribution in [2.45, 2.75) is 31.7 Å². The number of unbranched alkanes of at least 4 members (excludes halogenated alkanes) is 1. The standard InChI is InChI=1S/C13H19NO4S/c14-12(10-11-6-2-1-3-7-11)13(15)8-4-5-9-19(16,17)18/h1-3,6-7,12H,4-5,8-10,14H2,(H,16,17,18)/t12-/m0/s1. The molecule has 0 saturated carbocycles. The Morgan fingerprint density at radius 3 is 2.42 bits per heavy atom. The van der Waals surface area contributed by atoms with Crippen LogP contribution in [0.1, 0.15) is 24.8 Å². The van der Waals surface area contributed by atoms with E-state index in [1.54, 1.807) is 0 Å². The van der Waals surface area contributed by atoms with Gasteiger partial charge in [0.15, 0.2) is 0 Å². The second-order valence-electron chi connectivity index (χ2n) is 4.51. The van der Waals surface area contributed by atoms with E-state index in [2.05, 4.69) is 0 Å². The summed E-state index contributed by atoms with van der Waals surface area (Å²) in [5.41, 5.74) is 6.80. The normalized spacial score (nSPS) is 13.2. The summed E-state index contributed by atoms with van der Waals surface area (Å²) >= 11 is 0. The van der Waals surface area contributed by atoms with Crippen LogP contribution in [0, 0.1) is 0 Å². The monoisotopic (exact) mass is 285 g/mol. The zero-order chi connectivity index (χ0) is 14.3. The zero-order valence-corrected chi connectivity index (χ0v) is 11.5. The Morgan fingerprint density at radius 1 is 1.21 bits per heavy atom. The van der Waals surface area contributed by atoms with Crippen molar-refractivity contribution in [2.75, 3.05) is 5.75 Å². The third-order valence-corrected chi connectivity index (χ3v) is 3.59. The van der Waals surface area contributed by atoms with Crippen LogP contribution < -0.4 is 5.73 Å². The number of ketones is 1. The molecule has 0 radical (unpaired) electrons. The minimum absolute atomic E-state index is 0.0841. The Bertz CT molecular complexity index is 499. The van der Waals surface area contributed by atoms with E-state index < -0.39 is 16.2 Å². The van der Waals surface area contributed by atoms with Crippen LogP contribution >= 0.6 is 0 Å². The number of carbonyl (C=O) groups excluding carboxylic acids is 1. The van der Waals surface area contributed by atoms with Crippen LogP contribution in [0.25, 0.3) is 0 Å². The van der Waals surface area contributed by atoms with Gasteiger partial charge in [0, 0.05) is 6.42 Å². The molecule has 1 aromatic carbocycles. The summed E-state index contributed by atoms with van der Waals surface area (Å²) in [5, 5.41) is 0. The molecular formula is C13H19NO4S. The second-order valence-corrected chi connectivity index (χ2v) is 6.08. The van der Waals surface area contributed by atoms with E-state index in [1.807, 2.05) is 30.3 Å².